The minimum atomic E-state index is -2.03. The maximum absolute atomic E-state index is 12.1. The zero-order chi connectivity index (χ0) is 19.0. The molecule has 0 spiro atoms. The minimum absolute atomic E-state index is 0.228. The van der Waals surface area contributed by atoms with Crippen molar-refractivity contribution in [3.05, 3.63) is 46.5 Å². The second kappa shape index (κ2) is 10.2. The Morgan fingerprint density at radius 2 is 2.08 bits per heavy atom. The van der Waals surface area contributed by atoms with Crippen LogP contribution in [0.5, 0.6) is 0 Å². The number of likely N-dealkylation sites (N-methyl/N-ethyl adjacent to an activating group) is 1. The molecule has 2 amide bonds. The Bertz CT molecular complexity index is 639. The highest BCUT2D eigenvalue weighted by molar-refractivity contribution is 6.32. The number of rotatable bonds is 8. The fourth-order valence-corrected chi connectivity index (χ4v) is 2.36. The van der Waals surface area contributed by atoms with E-state index in [4.69, 9.17) is 26.3 Å². The van der Waals surface area contributed by atoms with Crippen molar-refractivity contribution in [3.8, 4) is 0 Å². The van der Waals surface area contributed by atoms with Gasteiger partial charge >= 0.3 is 7.32 Å². The molecule has 0 aromatic heterocycles. The molecule has 9 heteroatoms. The number of aryl methyl sites for hydroxylation is 2. The number of nitrogens with one attached hydrogen (secondary N) is 1. The maximum Gasteiger partial charge on any atom is 0.635 e. The lowest BCUT2D eigenvalue weighted by Crippen LogP contribution is -2.46. The van der Waals surface area contributed by atoms with E-state index in [1.165, 1.54) is 7.05 Å². The summed E-state index contributed by atoms with van der Waals surface area (Å²) in [6, 6.07) is 5.79. The summed E-state index contributed by atoms with van der Waals surface area (Å²) in [6.45, 7) is 3.65. The molecule has 25 heavy (non-hydrogen) atoms. The Labute approximate surface area is 152 Å². The first-order chi connectivity index (χ1) is 11.7. The smallest absolute Gasteiger partial charge is 0.402 e. The number of nitrogens with zero attached hydrogens (tertiary/aromatic N) is 1. The third-order valence-corrected chi connectivity index (χ3v) is 3.60. The van der Waals surface area contributed by atoms with Gasteiger partial charge in [-0.25, -0.2) is 0 Å². The maximum atomic E-state index is 12.1. The average Bonchev–Trinajstić information content (AvgIpc) is 2.49. The van der Waals surface area contributed by atoms with Crippen molar-refractivity contribution >= 4 is 30.7 Å². The third kappa shape index (κ3) is 7.70. The first-order valence-corrected chi connectivity index (χ1v) is 8.05. The molecule has 0 fully saturated rings. The molecule has 0 aliphatic carbocycles. The van der Waals surface area contributed by atoms with Crippen molar-refractivity contribution in [1.29, 1.82) is 0 Å². The van der Waals surface area contributed by atoms with Crippen molar-refractivity contribution in [1.82, 2.24) is 10.2 Å². The van der Waals surface area contributed by atoms with Crippen LogP contribution in [0.3, 0.4) is 0 Å². The number of hydrogen-bond acceptors (Lipinski definition) is 5. The third-order valence-electron chi connectivity index (χ3n) is 3.47. The van der Waals surface area contributed by atoms with Gasteiger partial charge in [-0.2, -0.15) is 0 Å². The van der Waals surface area contributed by atoms with Crippen molar-refractivity contribution in [2.75, 3.05) is 13.6 Å². The number of amides is 2. The zero-order valence-electron chi connectivity index (χ0n) is 14.4. The molecule has 0 bridgehead atoms. The second-order valence-electron chi connectivity index (χ2n) is 5.64. The normalized spacial score (nSPS) is 12.1. The van der Waals surface area contributed by atoms with Gasteiger partial charge in [-0.3, -0.25) is 9.59 Å². The van der Waals surface area contributed by atoms with Crippen LogP contribution in [0, 0.1) is 13.8 Å². The number of carbonyl (C=O) groups is 2. The Hall–Kier alpha value is -1.87. The van der Waals surface area contributed by atoms with Gasteiger partial charge in [0.05, 0.1) is 6.54 Å². The highest BCUT2D eigenvalue weighted by Gasteiger charge is 2.22. The Morgan fingerprint density at radius 1 is 1.40 bits per heavy atom. The summed E-state index contributed by atoms with van der Waals surface area (Å²) in [5, 5.41) is 20.7. The van der Waals surface area contributed by atoms with Crippen LogP contribution in [0.1, 0.15) is 16.7 Å². The van der Waals surface area contributed by atoms with E-state index in [-0.39, 0.29) is 13.0 Å². The zero-order valence-corrected chi connectivity index (χ0v) is 15.2. The van der Waals surface area contributed by atoms with Gasteiger partial charge < -0.3 is 24.9 Å². The van der Waals surface area contributed by atoms with Gasteiger partial charge in [-0.1, -0.05) is 35.4 Å². The van der Waals surface area contributed by atoms with Gasteiger partial charge in [0, 0.05) is 25.1 Å². The van der Waals surface area contributed by atoms with Gasteiger partial charge in [0.1, 0.15) is 6.23 Å². The van der Waals surface area contributed by atoms with Crippen LogP contribution in [0.25, 0.3) is 0 Å². The second-order valence-corrected chi connectivity index (χ2v) is 5.89. The van der Waals surface area contributed by atoms with Crippen LogP contribution in [0.15, 0.2) is 29.8 Å². The van der Waals surface area contributed by atoms with E-state index in [0.29, 0.717) is 0 Å². The summed E-state index contributed by atoms with van der Waals surface area (Å²) in [5.41, 5.74) is 4.05. The van der Waals surface area contributed by atoms with E-state index in [2.05, 4.69) is 5.32 Å². The molecule has 0 saturated heterocycles. The summed E-state index contributed by atoms with van der Waals surface area (Å²) in [4.78, 5) is 24.8. The van der Waals surface area contributed by atoms with E-state index in [1.54, 1.807) is 0 Å². The highest BCUT2D eigenvalue weighted by atomic mass is 35.5. The summed E-state index contributed by atoms with van der Waals surface area (Å²) in [7, 11) is -0.589. The molecule has 3 N–H and O–H groups in total. The van der Waals surface area contributed by atoms with E-state index < -0.39 is 25.4 Å². The fourth-order valence-electron chi connectivity index (χ4n) is 2.25. The molecule has 0 aliphatic heterocycles. The molecule has 136 valence electrons. The van der Waals surface area contributed by atoms with Gasteiger partial charge in [-0.05, 0) is 25.0 Å². The molecule has 1 aromatic carbocycles. The van der Waals surface area contributed by atoms with Gasteiger partial charge in [0.2, 0.25) is 11.8 Å². The quantitative estimate of drug-likeness (QED) is 0.352. The van der Waals surface area contributed by atoms with Crippen molar-refractivity contribution in [2.24, 2.45) is 0 Å². The first kappa shape index (κ1) is 21.2. The number of halogens is 1. The topological polar surface area (TPSA) is 99.1 Å². The van der Waals surface area contributed by atoms with Crippen LogP contribution in [-0.4, -0.2) is 53.9 Å². The average molecular weight is 369 g/mol. The van der Waals surface area contributed by atoms with E-state index in [0.717, 1.165) is 33.2 Å². The standard InChI is InChI=1S/C16H22BClN2O5/c1-11-4-5-13(12(2)8-11)9-15(25-17(23)24)19-14(21)10-20(3)16(22)6-7-18/h4-8,15,23-24H,9-10H2,1-3H3,(H,19,21)/b7-6+/t15-/m1/s1. The predicted molar refractivity (Wildman–Crippen MR) is 95.5 cm³/mol. The molecule has 0 heterocycles. The van der Waals surface area contributed by atoms with Crippen LogP contribution in [0.4, 0.5) is 0 Å². The summed E-state index contributed by atoms with van der Waals surface area (Å²) < 4.78 is 4.94. The van der Waals surface area contributed by atoms with E-state index in [1.807, 2.05) is 32.0 Å². The molecule has 1 rings (SSSR count). The van der Waals surface area contributed by atoms with Crippen molar-refractivity contribution < 1.29 is 24.3 Å². The number of carbonyl (C=O) groups excluding carboxylic acids is 2. The number of benzene rings is 1. The van der Waals surface area contributed by atoms with E-state index in [9.17, 15) is 9.59 Å². The first-order valence-electron chi connectivity index (χ1n) is 7.62. The monoisotopic (exact) mass is 368 g/mol. The summed E-state index contributed by atoms with van der Waals surface area (Å²) >= 11 is 5.33. The van der Waals surface area contributed by atoms with Crippen molar-refractivity contribution in [3.63, 3.8) is 0 Å². The van der Waals surface area contributed by atoms with Gasteiger partial charge in [0.15, 0.2) is 0 Å². The lowest BCUT2D eigenvalue weighted by Gasteiger charge is -2.22. The predicted octanol–water partition coefficient (Wildman–Crippen LogP) is 0.485. The molecular formula is C16H22BClN2O5. The Balaban J connectivity index is 2.75. The van der Waals surface area contributed by atoms with Crippen LogP contribution < -0.4 is 5.32 Å². The minimum Gasteiger partial charge on any atom is -0.402 e. The molecular weight excluding hydrogens is 346 g/mol. The van der Waals surface area contributed by atoms with Gasteiger partial charge in [-0.15, -0.1) is 0 Å². The largest absolute Gasteiger partial charge is 0.635 e. The lowest BCUT2D eigenvalue weighted by molar-refractivity contribution is -0.132. The summed E-state index contributed by atoms with van der Waals surface area (Å²) in [6.07, 6.45) is 0.408. The SMILES string of the molecule is Cc1ccc(C[C@H](NC(=O)CN(C)C(=O)/C=C/Cl)OB(O)O)c(C)c1. The van der Waals surface area contributed by atoms with Crippen molar-refractivity contribution in [2.45, 2.75) is 26.5 Å². The fraction of sp³-hybridized carbons (Fsp3) is 0.375. The summed E-state index contributed by atoms with van der Waals surface area (Å²) in [5.74, 6) is -0.937. The van der Waals surface area contributed by atoms with Crippen LogP contribution in [-0.2, 0) is 20.7 Å². The lowest BCUT2D eigenvalue weighted by atomic mass is 10.0. The molecule has 1 atom stereocenters. The van der Waals surface area contributed by atoms with Gasteiger partial charge in [0.25, 0.3) is 0 Å². The molecule has 0 aliphatic rings. The molecule has 0 saturated carbocycles. The highest BCUT2D eigenvalue weighted by Crippen LogP contribution is 2.13. The van der Waals surface area contributed by atoms with Crippen LogP contribution >= 0.6 is 11.6 Å². The molecule has 0 unspecified atom stereocenters. The Kier molecular flexibility index (Phi) is 8.64. The van der Waals surface area contributed by atoms with E-state index >= 15 is 0 Å². The van der Waals surface area contributed by atoms with Crippen LogP contribution in [0.2, 0.25) is 0 Å². The molecule has 7 nitrogen and oxygen atoms in total. The molecule has 0 radical (unpaired) electrons. The number of hydrogen-bond donors (Lipinski definition) is 3. The molecule has 1 aromatic rings. The Morgan fingerprint density at radius 3 is 2.64 bits per heavy atom.